The predicted octanol–water partition coefficient (Wildman–Crippen LogP) is 4.19. The number of hydrogen-bond donors (Lipinski definition) is 0. The lowest BCUT2D eigenvalue weighted by Gasteiger charge is -2.24. The first-order valence-electron chi connectivity index (χ1n) is 9.17. The van der Waals surface area contributed by atoms with Gasteiger partial charge in [-0.3, -0.25) is 19.8 Å². The van der Waals surface area contributed by atoms with Gasteiger partial charge >= 0.3 is 0 Å². The predicted molar refractivity (Wildman–Crippen MR) is 112 cm³/mol. The lowest BCUT2D eigenvalue weighted by molar-refractivity contribution is -0.384. The van der Waals surface area contributed by atoms with E-state index in [4.69, 9.17) is 0 Å². The van der Waals surface area contributed by atoms with Gasteiger partial charge in [0.05, 0.1) is 15.1 Å². The van der Waals surface area contributed by atoms with Gasteiger partial charge in [-0.2, -0.15) is 0 Å². The number of anilines is 1. The second kappa shape index (κ2) is 8.90. The number of para-hydroxylation sites is 1. The minimum Gasteiger partial charge on any atom is -0.302 e. The van der Waals surface area contributed by atoms with Gasteiger partial charge in [0.15, 0.2) is 5.13 Å². The van der Waals surface area contributed by atoms with Gasteiger partial charge in [-0.25, -0.2) is 4.98 Å². The first-order valence-corrected chi connectivity index (χ1v) is 9.99. The Morgan fingerprint density at radius 1 is 1.07 bits per heavy atom. The topological polar surface area (TPSA) is 79.6 Å². The molecule has 28 heavy (non-hydrogen) atoms. The molecule has 0 spiro atoms. The lowest BCUT2D eigenvalue weighted by atomic mass is 10.2. The minimum atomic E-state index is -0.472. The van der Waals surface area contributed by atoms with Crippen LogP contribution in [0.15, 0.2) is 48.5 Å². The van der Waals surface area contributed by atoms with Crippen LogP contribution in [0.1, 0.15) is 24.2 Å². The van der Waals surface area contributed by atoms with E-state index in [0.717, 1.165) is 29.9 Å². The van der Waals surface area contributed by atoms with Crippen molar-refractivity contribution in [3.8, 4) is 0 Å². The fourth-order valence-corrected chi connectivity index (χ4v) is 3.91. The first kappa shape index (κ1) is 19.9. The molecule has 1 aromatic heterocycles. The number of nitrogens with zero attached hydrogens (tertiary/aromatic N) is 4. The SMILES string of the molecule is CCN(CC)CCN(C(=O)c1ccc([N+](=O)[O-])cc1)c1nc2ccccc2s1. The van der Waals surface area contributed by atoms with Crippen LogP contribution in [0.2, 0.25) is 0 Å². The number of likely N-dealkylation sites (N-methyl/N-ethyl adjacent to an activating group) is 1. The minimum absolute atomic E-state index is 0.0359. The van der Waals surface area contributed by atoms with Gasteiger partial charge in [0.2, 0.25) is 0 Å². The van der Waals surface area contributed by atoms with Crippen LogP contribution in [-0.2, 0) is 0 Å². The van der Waals surface area contributed by atoms with E-state index in [-0.39, 0.29) is 11.6 Å². The molecule has 0 aliphatic rings. The average molecular weight is 398 g/mol. The summed E-state index contributed by atoms with van der Waals surface area (Å²) in [5.41, 5.74) is 1.22. The summed E-state index contributed by atoms with van der Waals surface area (Å²) in [6.07, 6.45) is 0. The van der Waals surface area contributed by atoms with Gasteiger partial charge in [0.25, 0.3) is 11.6 Å². The van der Waals surface area contributed by atoms with Crippen LogP contribution in [0.4, 0.5) is 10.8 Å². The number of carbonyl (C=O) groups is 1. The highest BCUT2D eigenvalue weighted by Crippen LogP contribution is 2.29. The van der Waals surface area contributed by atoms with Gasteiger partial charge in [-0.1, -0.05) is 37.3 Å². The fraction of sp³-hybridized carbons (Fsp3) is 0.300. The number of hydrogen-bond acceptors (Lipinski definition) is 6. The summed E-state index contributed by atoms with van der Waals surface area (Å²) >= 11 is 1.47. The van der Waals surface area contributed by atoms with Crippen LogP contribution in [0.5, 0.6) is 0 Å². The van der Waals surface area contributed by atoms with Crippen molar-refractivity contribution < 1.29 is 9.72 Å². The number of fused-ring (bicyclic) bond motifs is 1. The zero-order chi connectivity index (χ0) is 20.1. The Morgan fingerprint density at radius 3 is 2.36 bits per heavy atom. The molecule has 3 aromatic rings. The van der Waals surface area contributed by atoms with Crippen molar-refractivity contribution in [3.63, 3.8) is 0 Å². The quantitative estimate of drug-likeness (QED) is 0.420. The molecular weight excluding hydrogens is 376 g/mol. The smallest absolute Gasteiger partial charge is 0.269 e. The number of aromatic nitrogens is 1. The largest absolute Gasteiger partial charge is 0.302 e. The second-order valence-electron chi connectivity index (χ2n) is 6.25. The summed E-state index contributed by atoms with van der Waals surface area (Å²) in [6, 6.07) is 13.5. The van der Waals surface area contributed by atoms with E-state index in [0.29, 0.717) is 17.2 Å². The number of nitro groups is 1. The molecule has 1 heterocycles. The molecule has 0 aliphatic heterocycles. The third-order valence-electron chi connectivity index (χ3n) is 4.62. The first-order chi connectivity index (χ1) is 13.5. The molecular formula is C20H22N4O3S. The number of amides is 1. The third kappa shape index (κ3) is 4.35. The van der Waals surface area contributed by atoms with E-state index in [1.807, 2.05) is 24.3 Å². The van der Waals surface area contributed by atoms with Gasteiger partial charge in [-0.05, 0) is 37.4 Å². The summed E-state index contributed by atoms with van der Waals surface area (Å²) in [6.45, 7) is 7.19. The molecule has 0 saturated heterocycles. The summed E-state index contributed by atoms with van der Waals surface area (Å²) in [7, 11) is 0. The molecule has 7 nitrogen and oxygen atoms in total. The number of non-ortho nitro benzene ring substituents is 1. The highest BCUT2D eigenvalue weighted by atomic mass is 32.1. The Hall–Kier alpha value is -2.84. The molecule has 146 valence electrons. The van der Waals surface area contributed by atoms with Crippen molar-refractivity contribution >= 4 is 38.3 Å². The number of rotatable bonds is 8. The Morgan fingerprint density at radius 2 is 1.75 bits per heavy atom. The maximum atomic E-state index is 13.2. The lowest BCUT2D eigenvalue weighted by Crippen LogP contribution is -2.38. The van der Waals surface area contributed by atoms with Crippen molar-refractivity contribution in [2.24, 2.45) is 0 Å². The number of benzene rings is 2. The standard InChI is InChI=1S/C20H22N4O3S/c1-3-22(4-2)13-14-23(20-21-17-7-5-6-8-18(17)28-20)19(25)15-9-11-16(12-10-15)24(26)27/h5-12H,3-4,13-14H2,1-2H3. The average Bonchev–Trinajstić information content (AvgIpc) is 3.14. The number of carbonyl (C=O) groups excluding carboxylic acids is 1. The fourth-order valence-electron chi connectivity index (χ4n) is 2.92. The molecule has 0 aliphatic carbocycles. The number of thiazole rings is 1. The van der Waals surface area contributed by atoms with Crippen LogP contribution in [0.25, 0.3) is 10.2 Å². The molecule has 0 radical (unpaired) electrons. The highest BCUT2D eigenvalue weighted by molar-refractivity contribution is 7.22. The normalized spacial score (nSPS) is 11.1. The van der Waals surface area contributed by atoms with Crippen molar-refractivity contribution in [3.05, 3.63) is 64.2 Å². The Bertz CT molecular complexity index is 934. The summed E-state index contributed by atoms with van der Waals surface area (Å²) < 4.78 is 1.02. The van der Waals surface area contributed by atoms with Crippen LogP contribution in [0, 0.1) is 10.1 Å². The third-order valence-corrected chi connectivity index (χ3v) is 5.68. The molecule has 8 heteroatoms. The van der Waals surface area contributed by atoms with E-state index >= 15 is 0 Å². The van der Waals surface area contributed by atoms with Crippen LogP contribution in [-0.4, -0.2) is 46.9 Å². The van der Waals surface area contributed by atoms with Gasteiger partial charge in [0, 0.05) is 30.8 Å². The Labute approximate surface area is 167 Å². The molecule has 0 bridgehead atoms. The van der Waals surface area contributed by atoms with Crippen LogP contribution >= 0.6 is 11.3 Å². The summed E-state index contributed by atoms with van der Waals surface area (Å²) in [5, 5.41) is 11.5. The van der Waals surface area contributed by atoms with Crippen LogP contribution in [0.3, 0.4) is 0 Å². The summed E-state index contributed by atoms with van der Waals surface area (Å²) in [5.74, 6) is -0.207. The molecule has 2 aromatic carbocycles. The molecule has 0 N–H and O–H groups in total. The number of nitro benzene ring substituents is 1. The highest BCUT2D eigenvalue weighted by Gasteiger charge is 2.22. The maximum absolute atomic E-state index is 13.2. The van der Waals surface area contributed by atoms with Gasteiger partial charge in [-0.15, -0.1) is 0 Å². The molecule has 0 unspecified atom stereocenters. The monoisotopic (exact) mass is 398 g/mol. The zero-order valence-electron chi connectivity index (χ0n) is 15.9. The van der Waals surface area contributed by atoms with Crippen molar-refractivity contribution in [2.45, 2.75) is 13.8 Å². The van der Waals surface area contributed by atoms with Crippen molar-refractivity contribution in [2.75, 3.05) is 31.1 Å². The van der Waals surface area contributed by atoms with Crippen LogP contribution < -0.4 is 4.90 Å². The molecule has 3 rings (SSSR count). The zero-order valence-corrected chi connectivity index (χ0v) is 16.7. The van der Waals surface area contributed by atoms with E-state index in [1.54, 1.807) is 4.90 Å². The van der Waals surface area contributed by atoms with E-state index in [1.165, 1.54) is 35.6 Å². The summed E-state index contributed by atoms with van der Waals surface area (Å²) in [4.78, 5) is 32.1. The molecule has 0 fully saturated rings. The molecule has 0 atom stereocenters. The van der Waals surface area contributed by atoms with E-state index in [9.17, 15) is 14.9 Å². The van der Waals surface area contributed by atoms with Crippen molar-refractivity contribution in [1.29, 1.82) is 0 Å². The van der Waals surface area contributed by atoms with Crippen molar-refractivity contribution in [1.82, 2.24) is 9.88 Å². The molecule has 0 saturated carbocycles. The maximum Gasteiger partial charge on any atom is 0.269 e. The Balaban J connectivity index is 1.92. The second-order valence-corrected chi connectivity index (χ2v) is 7.26. The van der Waals surface area contributed by atoms with Gasteiger partial charge < -0.3 is 4.90 Å². The molecule has 1 amide bonds. The van der Waals surface area contributed by atoms with E-state index in [2.05, 4.69) is 23.7 Å². The van der Waals surface area contributed by atoms with E-state index < -0.39 is 4.92 Å². The Kier molecular flexibility index (Phi) is 6.33. The van der Waals surface area contributed by atoms with Gasteiger partial charge in [0.1, 0.15) is 0 Å².